The Kier molecular flexibility index (Phi) is 2.21. The standard InChI is InChI=1S/C10H8O3S/c11-10(12)8-3-1-2-7-6(5-14)4-13-9(7)8/h1-4,14H,5H2,(H,11,12). The van der Waals surface area contributed by atoms with Crippen LogP contribution in [0.2, 0.25) is 0 Å². The van der Waals surface area contributed by atoms with Crippen molar-refractivity contribution in [1.29, 1.82) is 0 Å². The first-order chi connectivity index (χ1) is 6.74. The quantitative estimate of drug-likeness (QED) is 0.746. The molecule has 72 valence electrons. The summed E-state index contributed by atoms with van der Waals surface area (Å²) in [5.41, 5.74) is 1.52. The molecule has 0 aliphatic rings. The maximum atomic E-state index is 10.8. The van der Waals surface area contributed by atoms with E-state index in [1.807, 2.05) is 6.07 Å². The van der Waals surface area contributed by atoms with E-state index in [0.717, 1.165) is 10.9 Å². The number of benzene rings is 1. The first-order valence-electron chi connectivity index (χ1n) is 4.07. The molecule has 3 nitrogen and oxygen atoms in total. The number of fused-ring (bicyclic) bond motifs is 1. The highest BCUT2D eigenvalue weighted by molar-refractivity contribution is 7.79. The van der Waals surface area contributed by atoms with E-state index in [1.165, 1.54) is 6.07 Å². The Hall–Kier alpha value is -1.42. The van der Waals surface area contributed by atoms with Crippen molar-refractivity contribution in [3.63, 3.8) is 0 Å². The summed E-state index contributed by atoms with van der Waals surface area (Å²) >= 11 is 4.13. The lowest BCUT2D eigenvalue weighted by Gasteiger charge is -1.95. The molecule has 1 N–H and O–H groups in total. The van der Waals surface area contributed by atoms with Gasteiger partial charge in [-0.1, -0.05) is 12.1 Å². The summed E-state index contributed by atoms with van der Waals surface area (Å²) < 4.78 is 5.20. The Morgan fingerprint density at radius 1 is 1.50 bits per heavy atom. The molecule has 14 heavy (non-hydrogen) atoms. The highest BCUT2D eigenvalue weighted by Crippen LogP contribution is 2.25. The summed E-state index contributed by atoms with van der Waals surface area (Å²) in [6.07, 6.45) is 1.55. The lowest BCUT2D eigenvalue weighted by molar-refractivity contribution is 0.0698. The molecule has 0 unspecified atom stereocenters. The molecule has 0 atom stereocenters. The lowest BCUT2D eigenvalue weighted by Crippen LogP contribution is -1.95. The largest absolute Gasteiger partial charge is 0.478 e. The van der Waals surface area contributed by atoms with Crippen molar-refractivity contribution in [2.75, 3.05) is 0 Å². The molecule has 0 fully saturated rings. The Morgan fingerprint density at radius 3 is 2.93 bits per heavy atom. The van der Waals surface area contributed by atoms with E-state index >= 15 is 0 Å². The van der Waals surface area contributed by atoms with E-state index in [9.17, 15) is 4.79 Å². The average Bonchev–Trinajstić information content (AvgIpc) is 2.59. The fraction of sp³-hybridized carbons (Fsp3) is 0.100. The summed E-state index contributed by atoms with van der Waals surface area (Å²) in [5.74, 6) is -0.438. The fourth-order valence-corrected chi connectivity index (χ4v) is 1.65. The molecule has 2 aromatic rings. The van der Waals surface area contributed by atoms with Gasteiger partial charge >= 0.3 is 5.97 Å². The third-order valence-electron chi connectivity index (χ3n) is 2.08. The van der Waals surface area contributed by atoms with Crippen LogP contribution in [0.4, 0.5) is 0 Å². The fourth-order valence-electron chi connectivity index (χ4n) is 1.40. The predicted octanol–water partition coefficient (Wildman–Crippen LogP) is 2.56. The molecule has 2 rings (SSSR count). The average molecular weight is 208 g/mol. The van der Waals surface area contributed by atoms with E-state index in [0.29, 0.717) is 11.3 Å². The second-order valence-corrected chi connectivity index (χ2v) is 3.22. The van der Waals surface area contributed by atoms with Crippen molar-refractivity contribution < 1.29 is 14.3 Å². The first kappa shape index (κ1) is 9.15. The number of aromatic carboxylic acids is 1. The molecule has 0 amide bonds. The van der Waals surface area contributed by atoms with Crippen molar-refractivity contribution in [2.24, 2.45) is 0 Å². The molecule has 0 saturated carbocycles. The summed E-state index contributed by atoms with van der Waals surface area (Å²) in [7, 11) is 0. The van der Waals surface area contributed by atoms with E-state index in [4.69, 9.17) is 9.52 Å². The third kappa shape index (κ3) is 1.28. The third-order valence-corrected chi connectivity index (χ3v) is 2.42. The molecule has 1 aromatic heterocycles. The van der Waals surface area contributed by atoms with Gasteiger partial charge in [0.05, 0.1) is 6.26 Å². The van der Waals surface area contributed by atoms with Gasteiger partial charge in [0.15, 0.2) is 0 Å². The van der Waals surface area contributed by atoms with Gasteiger partial charge in [-0.05, 0) is 6.07 Å². The molecule has 0 aliphatic heterocycles. The van der Waals surface area contributed by atoms with Gasteiger partial charge in [-0.25, -0.2) is 4.79 Å². The second-order valence-electron chi connectivity index (χ2n) is 2.91. The predicted molar refractivity (Wildman–Crippen MR) is 55.9 cm³/mol. The topological polar surface area (TPSA) is 50.4 Å². The first-order valence-corrected chi connectivity index (χ1v) is 4.70. The van der Waals surface area contributed by atoms with Gasteiger partial charge in [-0.2, -0.15) is 12.6 Å². The van der Waals surface area contributed by atoms with Gasteiger partial charge < -0.3 is 9.52 Å². The van der Waals surface area contributed by atoms with Crippen LogP contribution < -0.4 is 0 Å². The summed E-state index contributed by atoms with van der Waals surface area (Å²) in [6, 6.07) is 5.06. The van der Waals surface area contributed by atoms with Crippen LogP contribution in [-0.4, -0.2) is 11.1 Å². The van der Waals surface area contributed by atoms with Gasteiger partial charge in [0.1, 0.15) is 11.1 Å². The molecule has 0 spiro atoms. The number of furan rings is 1. The lowest BCUT2D eigenvalue weighted by atomic mass is 10.1. The molecular weight excluding hydrogens is 200 g/mol. The van der Waals surface area contributed by atoms with Crippen molar-refractivity contribution in [1.82, 2.24) is 0 Å². The minimum absolute atomic E-state index is 0.190. The number of carbonyl (C=O) groups is 1. The van der Waals surface area contributed by atoms with Gasteiger partial charge in [-0.15, -0.1) is 0 Å². The Morgan fingerprint density at radius 2 is 2.29 bits per heavy atom. The maximum absolute atomic E-state index is 10.8. The number of rotatable bonds is 2. The van der Waals surface area contributed by atoms with Crippen LogP contribution in [0.1, 0.15) is 15.9 Å². The van der Waals surface area contributed by atoms with Crippen LogP contribution in [-0.2, 0) is 5.75 Å². The number of hydrogen-bond donors (Lipinski definition) is 2. The summed E-state index contributed by atoms with van der Waals surface area (Å²) in [5, 5.41) is 9.71. The van der Waals surface area contributed by atoms with Gasteiger partial charge in [-0.3, -0.25) is 0 Å². The van der Waals surface area contributed by atoms with Crippen LogP contribution in [0, 0.1) is 0 Å². The molecule has 0 bridgehead atoms. The molecule has 0 saturated heterocycles. The van der Waals surface area contributed by atoms with Gasteiger partial charge in [0, 0.05) is 16.7 Å². The molecule has 0 radical (unpaired) electrons. The van der Waals surface area contributed by atoms with Gasteiger partial charge in [0.25, 0.3) is 0 Å². The molecular formula is C10H8O3S. The number of para-hydroxylation sites is 1. The molecule has 1 aromatic carbocycles. The zero-order valence-corrected chi connectivity index (χ0v) is 8.12. The van der Waals surface area contributed by atoms with Crippen molar-refractivity contribution >= 4 is 29.6 Å². The monoisotopic (exact) mass is 208 g/mol. The zero-order chi connectivity index (χ0) is 10.1. The maximum Gasteiger partial charge on any atom is 0.339 e. The Bertz CT molecular complexity index is 487. The second kappa shape index (κ2) is 3.38. The van der Waals surface area contributed by atoms with Gasteiger partial charge in [0.2, 0.25) is 0 Å². The molecule has 0 aliphatic carbocycles. The Balaban J connectivity index is 2.76. The van der Waals surface area contributed by atoms with Crippen LogP contribution in [0.5, 0.6) is 0 Å². The van der Waals surface area contributed by atoms with Crippen LogP contribution >= 0.6 is 12.6 Å². The zero-order valence-electron chi connectivity index (χ0n) is 7.23. The summed E-state index contributed by atoms with van der Waals surface area (Å²) in [4.78, 5) is 10.8. The Labute approximate surface area is 85.7 Å². The van der Waals surface area contributed by atoms with Crippen molar-refractivity contribution in [3.05, 3.63) is 35.6 Å². The minimum Gasteiger partial charge on any atom is -0.478 e. The molecule has 1 heterocycles. The minimum atomic E-state index is -0.976. The van der Waals surface area contributed by atoms with Crippen molar-refractivity contribution in [2.45, 2.75) is 5.75 Å². The highest BCUT2D eigenvalue weighted by Gasteiger charge is 2.13. The van der Waals surface area contributed by atoms with E-state index in [1.54, 1.807) is 12.3 Å². The SMILES string of the molecule is O=C(O)c1cccc2c(CS)coc12. The van der Waals surface area contributed by atoms with Crippen molar-refractivity contribution in [3.8, 4) is 0 Å². The van der Waals surface area contributed by atoms with Crippen LogP contribution in [0.25, 0.3) is 11.0 Å². The highest BCUT2D eigenvalue weighted by atomic mass is 32.1. The van der Waals surface area contributed by atoms with E-state index in [2.05, 4.69) is 12.6 Å². The number of hydrogen-bond acceptors (Lipinski definition) is 3. The van der Waals surface area contributed by atoms with E-state index < -0.39 is 5.97 Å². The summed E-state index contributed by atoms with van der Waals surface area (Å²) in [6.45, 7) is 0. The number of carboxylic acid groups (broad SMARTS) is 1. The van der Waals surface area contributed by atoms with Crippen LogP contribution in [0.15, 0.2) is 28.9 Å². The van der Waals surface area contributed by atoms with E-state index in [-0.39, 0.29) is 5.56 Å². The normalized spacial score (nSPS) is 10.6. The van der Waals surface area contributed by atoms with Crippen LogP contribution in [0.3, 0.4) is 0 Å². The molecule has 4 heteroatoms. The number of carboxylic acids is 1. The smallest absolute Gasteiger partial charge is 0.339 e. The number of thiol groups is 1.